The molecule has 15 heavy (non-hydrogen) atoms. The second kappa shape index (κ2) is 4.67. The third-order valence-corrected chi connectivity index (χ3v) is 3.94. The molecule has 0 saturated carbocycles. The molecule has 1 aliphatic rings. The van der Waals surface area contributed by atoms with E-state index in [9.17, 15) is 5.11 Å². The Morgan fingerprint density at radius 2 is 2.33 bits per heavy atom. The molecule has 1 nitrogen and oxygen atoms in total. The van der Waals surface area contributed by atoms with E-state index in [4.69, 9.17) is 0 Å². The van der Waals surface area contributed by atoms with Crippen LogP contribution in [0.15, 0.2) is 22.7 Å². The summed E-state index contributed by atoms with van der Waals surface area (Å²) >= 11 is 3.53. The number of hydrogen-bond acceptors (Lipinski definition) is 1. The number of rotatable bonds is 2. The summed E-state index contributed by atoms with van der Waals surface area (Å²) in [6.07, 6.45) is 3.66. The molecule has 1 aromatic carbocycles. The van der Waals surface area contributed by atoms with Crippen LogP contribution in [0.2, 0.25) is 0 Å². The van der Waals surface area contributed by atoms with Gasteiger partial charge in [-0.3, -0.25) is 0 Å². The zero-order valence-electron chi connectivity index (χ0n) is 9.04. The molecule has 1 N–H and O–H groups in total. The molecule has 0 aromatic heterocycles. The Hall–Kier alpha value is -0.340. The van der Waals surface area contributed by atoms with Crippen molar-refractivity contribution < 1.29 is 5.11 Å². The molecule has 0 radical (unpaired) electrons. The van der Waals surface area contributed by atoms with Crippen LogP contribution >= 0.6 is 15.9 Å². The second-order valence-corrected chi connectivity index (χ2v) is 5.42. The van der Waals surface area contributed by atoms with Crippen molar-refractivity contribution in [1.82, 2.24) is 0 Å². The Morgan fingerprint density at radius 1 is 1.53 bits per heavy atom. The molecule has 0 saturated heterocycles. The van der Waals surface area contributed by atoms with Gasteiger partial charge in [0.1, 0.15) is 0 Å². The lowest BCUT2D eigenvalue weighted by Gasteiger charge is -2.29. The van der Waals surface area contributed by atoms with E-state index in [0.29, 0.717) is 11.8 Å². The van der Waals surface area contributed by atoms with E-state index in [-0.39, 0.29) is 6.61 Å². The molecule has 1 aliphatic carbocycles. The molecule has 2 atom stereocenters. The average molecular weight is 269 g/mol. The number of fused-ring (bicyclic) bond motifs is 1. The van der Waals surface area contributed by atoms with Crippen LogP contribution in [0.5, 0.6) is 0 Å². The minimum absolute atomic E-state index is 0.288. The van der Waals surface area contributed by atoms with Crippen molar-refractivity contribution in [3.63, 3.8) is 0 Å². The van der Waals surface area contributed by atoms with Crippen molar-refractivity contribution in [2.45, 2.75) is 32.1 Å². The number of aliphatic hydroxyl groups excluding tert-OH is 1. The van der Waals surface area contributed by atoms with E-state index in [1.54, 1.807) is 0 Å². The number of aryl methyl sites for hydroxylation is 1. The van der Waals surface area contributed by atoms with Crippen molar-refractivity contribution in [2.75, 3.05) is 6.61 Å². The van der Waals surface area contributed by atoms with Crippen LogP contribution < -0.4 is 0 Å². The van der Waals surface area contributed by atoms with Gasteiger partial charge < -0.3 is 5.11 Å². The molecule has 0 fully saturated rings. The van der Waals surface area contributed by atoms with Crippen molar-refractivity contribution in [3.05, 3.63) is 33.8 Å². The normalized spacial score (nSPS) is 22.2. The fraction of sp³-hybridized carbons (Fsp3) is 0.538. The van der Waals surface area contributed by atoms with Gasteiger partial charge in [-0.25, -0.2) is 0 Å². The summed E-state index contributed by atoms with van der Waals surface area (Å²) in [4.78, 5) is 0. The summed E-state index contributed by atoms with van der Waals surface area (Å²) in [5.41, 5.74) is 2.91. The monoisotopic (exact) mass is 268 g/mol. The summed E-state index contributed by atoms with van der Waals surface area (Å²) in [5.74, 6) is 0.912. The third-order valence-electron chi connectivity index (χ3n) is 3.44. The fourth-order valence-electron chi connectivity index (χ4n) is 2.52. The first-order valence-corrected chi connectivity index (χ1v) is 6.41. The first-order chi connectivity index (χ1) is 7.22. The summed E-state index contributed by atoms with van der Waals surface area (Å²) in [6, 6.07) is 6.56. The predicted octanol–water partition coefficient (Wildman–Crippen LogP) is 3.50. The number of aliphatic hydroxyl groups is 1. The maximum Gasteiger partial charge on any atom is 0.0462 e. The number of halogens is 1. The SMILES string of the molecule is CC(CO)C1CCCc2ccc(Br)cc21. The van der Waals surface area contributed by atoms with Crippen molar-refractivity contribution >= 4 is 15.9 Å². The summed E-state index contributed by atoms with van der Waals surface area (Å²) in [7, 11) is 0. The molecular weight excluding hydrogens is 252 g/mol. The highest BCUT2D eigenvalue weighted by Gasteiger charge is 2.24. The first-order valence-electron chi connectivity index (χ1n) is 5.61. The van der Waals surface area contributed by atoms with Crippen molar-refractivity contribution in [3.8, 4) is 0 Å². The maximum absolute atomic E-state index is 9.27. The van der Waals surface area contributed by atoms with Crippen LogP contribution in [0.25, 0.3) is 0 Å². The molecule has 0 aliphatic heterocycles. The van der Waals surface area contributed by atoms with Gasteiger partial charge in [0.25, 0.3) is 0 Å². The third kappa shape index (κ3) is 2.26. The highest BCUT2D eigenvalue weighted by molar-refractivity contribution is 9.10. The molecule has 1 aromatic rings. The van der Waals surface area contributed by atoms with Crippen LogP contribution in [-0.2, 0) is 6.42 Å². The second-order valence-electron chi connectivity index (χ2n) is 4.50. The molecular formula is C13H17BrO. The van der Waals surface area contributed by atoms with E-state index in [0.717, 1.165) is 4.47 Å². The number of benzene rings is 1. The van der Waals surface area contributed by atoms with Crippen LogP contribution in [0.4, 0.5) is 0 Å². The van der Waals surface area contributed by atoms with E-state index in [1.165, 1.54) is 30.4 Å². The summed E-state index contributed by atoms with van der Waals surface area (Å²) in [5, 5.41) is 9.27. The molecule has 0 amide bonds. The lowest BCUT2D eigenvalue weighted by atomic mass is 9.77. The van der Waals surface area contributed by atoms with E-state index in [2.05, 4.69) is 41.1 Å². The van der Waals surface area contributed by atoms with Gasteiger partial charge in [-0.1, -0.05) is 28.9 Å². The quantitative estimate of drug-likeness (QED) is 0.871. The van der Waals surface area contributed by atoms with Gasteiger partial charge in [-0.2, -0.15) is 0 Å². The van der Waals surface area contributed by atoms with Crippen molar-refractivity contribution in [1.29, 1.82) is 0 Å². The van der Waals surface area contributed by atoms with Crippen molar-refractivity contribution in [2.24, 2.45) is 5.92 Å². The topological polar surface area (TPSA) is 20.2 Å². The van der Waals surface area contributed by atoms with Crippen LogP contribution in [-0.4, -0.2) is 11.7 Å². The highest BCUT2D eigenvalue weighted by atomic mass is 79.9. The minimum atomic E-state index is 0.288. The summed E-state index contributed by atoms with van der Waals surface area (Å²) in [6.45, 7) is 2.43. The van der Waals surface area contributed by atoms with Crippen LogP contribution in [0.1, 0.15) is 36.8 Å². The number of hydrogen-bond donors (Lipinski definition) is 1. The molecule has 0 heterocycles. The molecule has 0 bridgehead atoms. The first kappa shape index (κ1) is 11.2. The largest absolute Gasteiger partial charge is 0.396 e. The Morgan fingerprint density at radius 3 is 3.07 bits per heavy atom. The predicted molar refractivity (Wildman–Crippen MR) is 66.1 cm³/mol. The summed E-state index contributed by atoms with van der Waals surface area (Å²) < 4.78 is 1.15. The van der Waals surface area contributed by atoms with Gasteiger partial charge >= 0.3 is 0 Å². The Kier molecular flexibility index (Phi) is 3.47. The zero-order valence-corrected chi connectivity index (χ0v) is 10.6. The Labute approximate surface area is 99.6 Å². The highest BCUT2D eigenvalue weighted by Crippen LogP contribution is 2.37. The van der Waals surface area contributed by atoms with E-state index < -0.39 is 0 Å². The lowest BCUT2D eigenvalue weighted by molar-refractivity contribution is 0.208. The minimum Gasteiger partial charge on any atom is -0.396 e. The fourth-order valence-corrected chi connectivity index (χ4v) is 2.90. The average Bonchev–Trinajstić information content (AvgIpc) is 2.27. The molecule has 2 heteroatoms. The molecule has 2 unspecified atom stereocenters. The van der Waals surface area contributed by atoms with E-state index >= 15 is 0 Å². The molecule has 2 rings (SSSR count). The Bertz CT molecular complexity index is 348. The van der Waals surface area contributed by atoms with Gasteiger partial charge in [-0.05, 0) is 54.4 Å². The van der Waals surface area contributed by atoms with E-state index in [1.807, 2.05) is 0 Å². The molecule has 0 spiro atoms. The Balaban J connectivity index is 2.36. The smallest absolute Gasteiger partial charge is 0.0462 e. The van der Waals surface area contributed by atoms with Gasteiger partial charge in [0, 0.05) is 11.1 Å². The van der Waals surface area contributed by atoms with Gasteiger partial charge in [-0.15, -0.1) is 0 Å². The standard InChI is InChI=1S/C13H17BrO/c1-9(8-15)12-4-2-3-10-5-6-11(14)7-13(10)12/h5-7,9,12,15H,2-4,8H2,1H3. The van der Waals surface area contributed by atoms with Gasteiger partial charge in [0.15, 0.2) is 0 Å². The van der Waals surface area contributed by atoms with Crippen LogP contribution in [0, 0.1) is 5.92 Å². The maximum atomic E-state index is 9.27. The van der Waals surface area contributed by atoms with Gasteiger partial charge in [0.05, 0.1) is 0 Å². The van der Waals surface area contributed by atoms with Crippen LogP contribution in [0.3, 0.4) is 0 Å². The zero-order chi connectivity index (χ0) is 10.8. The molecule has 82 valence electrons. The lowest BCUT2D eigenvalue weighted by Crippen LogP contribution is -2.19. The van der Waals surface area contributed by atoms with Gasteiger partial charge in [0.2, 0.25) is 0 Å².